The Morgan fingerprint density at radius 2 is 2.12 bits per heavy atom. The van der Waals surface area contributed by atoms with Crippen LogP contribution in [0.15, 0.2) is 11.6 Å². The summed E-state index contributed by atoms with van der Waals surface area (Å²) in [6.07, 6.45) is 4.22. The van der Waals surface area contributed by atoms with Gasteiger partial charge in [-0.25, -0.2) is 4.79 Å². The van der Waals surface area contributed by atoms with E-state index in [2.05, 4.69) is 12.2 Å². The Labute approximate surface area is 97.4 Å². The molecule has 0 amide bonds. The van der Waals surface area contributed by atoms with E-state index >= 15 is 0 Å². The average molecular weight is 229 g/mol. The maximum Gasteiger partial charge on any atom is 0.328 e. The fraction of sp³-hybridized carbons (Fsp3) is 0.750. The van der Waals surface area contributed by atoms with Crippen LogP contribution in [-0.2, 0) is 4.79 Å². The Balaban J connectivity index is 3.80. The van der Waals surface area contributed by atoms with Gasteiger partial charge in [0, 0.05) is 19.2 Å². The Hall–Kier alpha value is -0.870. The van der Waals surface area contributed by atoms with Gasteiger partial charge in [0.25, 0.3) is 0 Å². The number of aliphatic carboxylic acids is 1. The molecule has 94 valence electrons. The van der Waals surface area contributed by atoms with Gasteiger partial charge in [0.2, 0.25) is 0 Å². The number of carboxylic acid groups (broad SMARTS) is 1. The van der Waals surface area contributed by atoms with Crippen molar-refractivity contribution >= 4 is 5.97 Å². The number of aliphatic hydroxyl groups excluding tert-OH is 1. The summed E-state index contributed by atoms with van der Waals surface area (Å²) >= 11 is 0. The zero-order chi connectivity index (χ0) is 12.4. The van der Waals surface area contributed by atoms with Crippen LogP contribution >= 0.6 is 0 Å². The highest BCUT2D eigenvalue weighted by atomic mass is 16.4. The van der Waals surface area contributed by atoms with Gasteiger partial charge in [0.05, 0.1) is 0 Å². The number of carboxylic acids is 1. The predicted octanol–water partition coefficient (Wildman–Crippen LogP) is 1.41. The summed E-state index contributed by atoms with van der Waals surface area (Å²) in [5, 5.41) is 20.6. The first-order chi connectivity index (χ1) is 7.60. The summed E-state index contributed by atoms with van der Waals surface area (Å²) in [5.41, 5.74) is 0.812. The minimum Gasteiger partial charge on any atom is -0.478 e. The van der Waals surface area contributed by atoms with Crippen molar-refractivity contribution in [2.24, 2.45) is 5.92 Å². The maximum absolute atomic E-state index is 10.4. The molecule has 0 aliphatic heterocycles. The zero-order valence-corrected chi connectivity index (χ0v) is 10.2. The Morgan fingerprint density at radius 1 is 1.44 bits per heavy atom. The Kier molecular flexibility index (Phi) is 8.85. The first-order valence-electron chi connectivity index (χ1n) is 5.81. The van der Waals surface area contributed by atoms with Gasteiger partial charge >= 0.3 is 5.97 Å². The second-order valence-electron chi connectivity index (χ2n) is 4.13. The highest BCUT2D eigenvalue weighted by Crippen LogP contribution is 2.09. The number of hydrogen-bond donors (Lipinski definition) is 3. The van der Waals surface area contributed by atoms with E-state index in [0.717, 1.165) is 31.4 Å². The van der Waals surface area contributed by atoms with Crippen molar-refractivity contribution < 1.29 is 15.0 Å². The van der Waals surface area contributed by atoms with Gasteiger partial charge in [-0.15, -0.1) is 0 Å². The average Bonchev–Trinajstić information content (AvgIpc) is 2.17. The second kappa shape index (κ2) is 9.36. The van der Waals surface area contributed by atoms with Gasteiger partial charge < -0.3 is 15.5 Å². The van der Waals surface area contributed by atoms with Gasteiger partial charge in [0.1, 0.15) is 0 Å². The Morgan fingerprint density at radius 3 is 2.62 bits per heavy atom. The van der Waals surface area contributed by atoms with Crippen molar-refractivity contribution in [1.29, 1.82) is 0 Å². The van der Waals surface area contributed by atoms with Gasteiger partial charge in [-0.1, -0.05) is 18.9 Å². The quantitative estimate of drug-likeness (QED) is 0.523. The largest absolute Gasteiger partial charge is 0.478 e. The van der Waals surface area contributed by atoms with Crippen LogP contribution < -0.4 is 5.32 Å². The molecule has 0 aliphatic carbocycles. The third kappa shape index (κ3) is 8.44. The molecule has 0 aromatic heterocycles. The standard InChI is InChI=1S/C12H23NO3/c1-3-4-11(5-6-14)9-13-8-10(2)7-12(15)16/h7,11,13-14H,3-6,8-9H2,1-2H3,(H,15,16). The van der Waals surface area contributed by atoms with Crippen molar-refractivity contribution in [2.75, 3.05) is 19.7 Å². The molecular weight excluding hydrogens is 206 g/mol. The van der Waals surface area contributed by atoms with E-state index in [1.165, 1.54) is 6.08 Å². The fourth-order valence-electron chi connectivity index (χ4n) is 1.67. The molecule has 0 saturated carbocycles. The molecule has 4 nitrogen and oxygen atoms in total. The van der Waals surface area contributed by atoms with Crippen molar-refractivity contribution in [2.45, 2.75) is 33.1 Å². The minimum atomic E-state index is -0.903. The lowest BCUT2D eigenvalue weighted by Crippen LogP contribution is -2.25. The molecular formula is C12H23NO3. The number of nitrogens with one attached hydrogen (secondary N) is 1. The lowest BCUT2D eigenvalue weighted by molar-refractivity contribution is -0.131. The molecule has 1 atom stereocenters. The number of rotatable bonds is 9. The number of hydrogen-bond acceptors (Lipinski definition) is 3. The van der Waals surface area contributed by atoms with Crippen LogP contribution in [0.5, 0.6) is 0 Å². The smallest absolute Gasteiger partial charge is 0.328 e. The molecule has 0 spiro atoms. The second-order valence-corrected chi connectivity index (χ2v) is 4.13. The molecule has 0 aromatic carbocycles. The van der Waals surface area contributed by atoms with E-state index in [0.29, 0.717) is 12.5 Å². The Bertz CT molecular complexity index is 220. The molecule has 0 aliphatic rings. The van der Waals surface area contributed by atoms with Crippen molar-refractivity contribution in [3.63, 3.8) is 0 Å². The molecule has 0 rings (SSSR count). The molecule has 0 bridgehead atoms. The van der Waals surface area contributed by atoms with Gasteiger partial charge in [-0.05, 0) is 32.2 Å². The van der Waals surface area contributed by atoms with Crippen LogP contribution in [0.25, 0.3) is 0 Å². The van der Waals surface area contributed by atoms with Crippen LogP contribution in [0.3, 0.4) is 0 Å². The summed E-state index contributed by atoms with van der Waals surface area (Å²) in [6, 6.07) is 0. The normalized spacial score (nSPS) is 13.8. The number of carbonyl (C=O) groups is 1. The van der Waals surface area contributed by atoms with Gasteiger partial charge in [0.15, 0.2) is 0 Å². The molecule has 0 fully saturated rings. The lowest BCUT2D eigenvalue weighted by atomic mass is 10.0. The highest BCUT2D eigenvalue weighted by molar-refractivity contribution is 5.80. The molecule has 1 unspecified atom stereocenters. The fourth-order valence-corrected chi connectivity index (χ4v) is 1.67. The van der Waals surface area contributed by atoms with Crippen molar-refractivity contribution in [3.8, 4) is 0 Å². The van der Waals surface area contributed by atoms with E-state index < -0.39 is 5.97 Å². The molecule has 0 saturated heterocycles. The number of aliphatic hydroxyl groups is 1. The molecule has 0 radical (unpaired) electrons. The van der Waals surface area contributed by atoms with Crippen LogP contribution in [-0.4, -0.2) is 35.9 Å². The van der Waals surface area contributed by atoms with E-state index in [4.69, 9.17) is 10.2 Å². The van der Waals surface area contributed by atoms with E-state index in [1.807, 2.05) is 0 Å². The van der Waals surface area contributed by atoms with Crippen LogP contribution in [0.2, 0.25) is 0 Å². The maximum atomic E-state index is 10.4. The lowest BCUT2D eigenvalue weighted by Gasteiger charge is -2.15. The summed E-state index contributed by atoms with van der Waals surface area (Å²) < 4.78 is 0. The summed E-state index contributed by atoms with van der Waals surface area (Å²) in [7, 11) is 0. The van der Waals surface area contributed by atoms with Crippen molar-refractivity contribution in [3.05, 3.63) is 11.6 Å². The highest BCUT2D eigenvalue weighted by Gasteiger charge is 2.06. The third-order valence-electron chi connectivity index (χ3n) is 2.44. The topological polar surface area (TPSA) is 69.6 Å². The molecule has 0 heterocycles. The van der Waals surface area contributed by atoms with E-state index in [1.54, 1.807) is 6.92 Å². The summed E-state index contributed by atoms with van der Waals surface area (Å²) in [5.74, 6) is -0.424. The molecule has 16 heavy (non-hydrogen) atoms. The van der Waals surface area contributed by atoms with Gasteiger partial charge in [-0.3, -0.25) is 0 Å². The molecule has 0 aromatic rings. The van der Waals surface area contributed by atoms with E-state index in [-0.39, 0.29) is 6.61 Å². The van der Waals surface area contributed by atoms with Gasteiger partial charge in [-0.2, -0.15) is 0 Å². The molecule has 4 heteroatoms. The van der Waals surface area contributed by atoms with Crippen LogP contribution in [0, 0.1) is 5.92 Å². The van der Waals surface area contributed by atoms with E-state index in [9.17, 15) is 4.79 Å². The molecule has 3 N–H and O–H groups in total. The minimum absolute atomic E-state index is 0.219. The first-order valence-corrected chi connectivity index (χ1v) is 5.81. The monoisotopic (exact) mass is 229 g/mol. The summed E-state index contributed by atoms with van der Waals surface area (Å²) in [4.78, 5) is 10.4. The van der Waals surface area contributed by atoms with Crippen LogP contribution in [0.4, 0.5) is 0 Å². The predicted molar refractivity (Wildman–Crippen MR) is 64.4 cm³/mol. The SMILES string of the molecule is CCCC(CCO)CNCC(C)=CC(=O)O. The first kappa shape index (κ1) is 15.1. The van der Waals surface area contributed by atoms with Crippen molar-refractivity contribution in [1.82, 2.24) is 5.32 Å². The van der Waals surface area contributed by atoms with Crippen LogP contribution in [0.1, 0.15) is 33.1 Å². The zero-order valence-electron chi connectivity index (χ0n) is 10.2. The third-order valence-corrected chi connectivity index (χ3v) is 2.44. The summed E-state index contributed by atoms with van der Waals surface area (Å²) in [6.45, 7) is 5.56.